The first-order valence-corrected chi connectivity index (χ1v) is 7.74. The van der Waals surface area contributed by atoms with Crippen LogP contribution in [0.2, 0.25) is 10.0 Å². The van der Waals surface area contributed by atoms with Gasteiger partial charge in [0.2, 0.25) is 0 Å². The van der Waals surface area contributed by atoms with E-state index in [-0.39, 0.29) is 11.8 Å². The molecule has 20 heavy (non-hydrogen) atoms. The number of halogens is 2. The maximum atomic E-state index is 12.6. The van der Waals surface area contributed by atoms with Crippen LogP contribution in [0, 0.1) is 5.92 Å². The Bertz CT molecular complexity index is 472. The van der Waals surface area contributed by atoms with E-state index in [1.807, 2.05) is 6.92 Å². The maximum Gasteiger partial charge on any atom is 0.181 e. The molecule has 0 saturated heterocycles. The van der Waals surface area contributed by atoms with Gasteiger partial charge in [-0.25, -0.2) is 0 Å². The molecule has 0 bridgehead atoms. The summed E-state index contributed by atoms with van der Waals surface area (Å²) in [6.07, 6.45) is 0. The minimum Gasteiger partial charge on any atom is -0.292 e. The molecule has 112 valence electrons. The lowest BCUT2D eigenvalue weighted by Gasteiger charge is -2.33. The number of nitrogens with zero attached hydrogens (tertiary/aromatic N) is 1. The summed E-state index contributed by atoms with van der Waals surface area (Å²) in [5, 5.41) is 0.963. The summed E-state index contributed by atoms with van der Waals surface area (Å²) in [5.41, 5.74) is 0.540. The van der Waals surface area contributed by atoms with Crippen molar-refractivity contribution in [1.82, 2.24) is 4.90 Å². The SMILES string of the molecule is CC(C)CN(C(C)C)C(C)C(=O)c1ccc(Cl)cc1Cl. The van der Waals surface area contributed by atoms with Gasteiger partial charge in [-0.15, -0.1) is 0 Å². The largest absolute Gasteiger partial charge is 0.292 e. The Morgan fingerprint density at radius 2 is 1.75 bits per heavy atom. The van der Waals surface area contributed by atoms with E-state index < -0.39 is 0 Å². The van der Waals surface area contributed by atoms with Gasteiger partial charge < -0.3 is 0 Å². The van der Waals surface area contributed by atoms with E-state index in [0.29, 0.717) is 27.6 Å². The molecule has 0 aromatic heterocycles. The van der Waals surface area contributed by atoms with Gasteiger partial charge in [-0.2, -0.15) is 0 Å². The lowest BCUT2D eigenvalue weighted by Crippen LogP contribution is -2.45. The van der Waals surface area contributed by atoms with E-state index in [0.717, 1.165) is 6.54 Å². The van der Waals surface area contributed by atoms with E-state index in [4.69, 9.17) is 23.2 Å². The van der Waals surface area contributed by atoms with Crippen molar-refractivity contribution in [2.75, 3.05) is 6.54 Å². The maximum absolute atomic E-state index is 12.6. The van der Waals surface area contributed by atoms with Crippen molar-refractivity contribution in [2.24, 2.45) is 5.92 Å². The van der Waals surface area contributed by atoms with Gasteiger partial charge in [0.25, 0.3) is 0 Å². The Morgan fingerprint density at radius 3 is 2.20 bits per heavy atom. The number of hydrogen-bond acceptors (Lipinski definition) is 2. The second kappa shape index (κ2) is 7.44. The Hall–Kier alpha value is -0.570. The van der Waals surface area contributed by atoms with Crippen LogP contribution in [0.1, 0.15) is 45.0 Å². The van der Waals surface area contributed by atoms with Gasteiger partial charge >= 0.3 is 0 Å². The zero-order chi connectivity index (χ0) is 15.4. The molecule has 0 N–H and O–H groups in total. The lowest BCUT2D eigenvalue weighted by molar-refractivity contribution is 0.0763. The van der Waals surface area contributed by atoms with E-state index >= 15 is 0 Å². The molecule has 1 atom stereocenters. The third-order valence-corrected chi connectivity index (χ3v) is 3.86. The number of ketones is 1. The Labute approximate surface area is 132 Å². The molecule has 0 aliphatic carbocycles. The molecule has 0 aliphatic rings. The van der Waals surface area contributed by atoms with Crippen LogP contribution in [-0.4, -0.2) is 29.3 Å². The minimum atomic E-state index is -0.198. The molecule has 1 rings (SSSR count). The normalized spacial score (nSPS) is 13.3. The second-order valence-corrected chi connectivity index (χ2v) is 6.69. The third kappa shape index (κ3) is 4.47. The van der Waals surface area contributed by atoms with Gasteiger partial charge in [-0.05, 0) is 44.9 Å². The zero-order valence-corrected chi connectivity index (χ0v) is 14.3. The lowest BCUT2D eigenvalue weighted by atomic mass is 10.0. The summed E-state index contributed by atoms with van der Waals surface area (Å²) < 4.78 is 0. The Kier molecular flexibility index (Phi) is 6.50. The van der Waals surface area contributed by atoms with Gasteiger partial charge in [-0.3, -0.25) is 9.69 Å². The fraction of sp³-hybridized carbons (Fsp3) is 0.562. The summed E-state index contributed by atoms with van der Waals surface area (Å²) in [6, 6.07) is 5.14. The van der Waals surface area contributed by atoms with Crippen molar-refractivity contribution < 1.29 is 4.79 Å². The average molecular weight is 316 g/mol. The summed E-state index contributed by atoms with van der Waals surface area (Å²) >= 11 is 12.0. The molecule has 0 radical (unpaired) electrons. The van der Waals surface area contributed by atoms with Crippen LogP contribution in [0.25, 0.3) is 0 Å². The van der Waals surface area contributed by atoms with Crippen LogP contribution in [0.4, 0.5) is 0 Å². The van der Waals surface area contributed by atoms with Crippen molar-refractivity contribution in [1.29, 1.82) is 0 Å². The number of benzene rings is 1. The van der Waals surface area contributed by atoms with Gasteiger partial charge in [0.05, 0.1) is 11.1 Å². The predicted octanol–water partition coefficient (Wildman–Crippen LogP) is 4.93. The minimum absolute atomic E-state index is 0.0426. The molecule has 1 unspecified atom stereocenters. The van der Waals surface area contributed by atoms with Crippen molar-refractivity contribution in [3.8, 4) is 0 Å². The van der Waals surface area contributed by atoms with Crippen molar-refractivity contribution in [3.05, 3.63) is 33.8 Å². The third-order valence-electron chi connectivity index (χ3n) is 3.31. The highest BCUT2D eigenvalue weighted by Crippen LogP contribution is 2.24. The van der Waals surface area contributed by atoms with Crippen LogP contribution in [-0.2, 0) is 0 Å². The summed E-state index contributed by atoms with van der Waals surface area (Å²) in [5.74, 6) is 0.550. The summed E-state index contributed by atoms with van der Waals surface area (Å²) in [4.78, 5) is 14.8. The monoisotopic (exact) mass is 315 g/mol. The molecule has 0 fully saturated rings. The van der Waals surface area contributed by atoms with Gasteiger partial charge in [-0.1, -0.05) is 37.0 Å². The predicted molar refractivity (Wildman–Crippen MR) is 86.9 cm³/mol. The number of hydrogen-bond donors (Lipinski definition) is 0. The molecular weight excluding hydrogens is 293 g/mol. The molecule has 4 heteroatoms. The average Bonchev–Trinajstić information content (AvgIpc) is 2.34. The van der Waals surface area contributed by atoms with E-state index in [2.05, 4.69) is 32.6 Å². The molecule has 2 nitrogen and oxygen atoms in total. The quantitative estimate of drug-likeness (QED) is 0.694. The van der Waals surface area contributed by atoms with E-state index in [1.165, 1.54) is 0 Å². The fourth-order valence-electron chi connectivity index (χ4n) is 2.30. The highest BCUT2D eigenvalue weighted by molar-refractivity contribution is 6.37. The molecular formula is C16H23Cl2NO. The van der Waals surface area contributed by atoms with Crippen molar-refractivity contribution in [2.45, 2.75) is 46.7 Å². The summed E-state index contributed by atoms with van der Waals surface area (Å²) in [7, 11) is 0. The van der Waals surface area contributed by atoms with Crippen LogP contribution in [0.15, 0.2) is 18.2 Å². The first-order valence-electron chi connectivity index (χ1n) is 6.99. The topological polar surface area (TPSA) is 20.3 Å². The number of rotatable bonds is 6. The molecule has 0 saturated carbocycles. The fourth-order valence-corrected chi connectivity index (χ4v) is 2.80. The number of Topliss-reactive ketones (excluding diaryl/α,β-unsaturated/α-hetero) is 1. The summed E-state index contributed by atoms with van der Waals surface area (Å²) in [6.45, 7) is 11.3. The van der Waals surface area contributed by atoms with Crippen LogP contribution in [0.3, 0.4) is 0 Å². The second-order valence-electron chi connectivity index (χ2n) is 5.85. The van der Waals surface area contributed by atoms with Crippen LogP contribution in [0.5, 0.6) is 0 Å². The molecule has 0 amide bonds. The first-order chi connectivity index (χ1) is 9.23. The van der Waals surface area contributed by atoms with Crippen molar-refractivity contribution >= 4 is 29.0 Å². The molecule has 1 aromatic carbocycles. The first kappa shape index (κ1) is 17.5. The molecule has 0 spiro atoms. The van der Waals surface area contributed by atoms with Crippen LogP contribution < -0.4 is 0 Å². The Morgan fingerprint density at radius 1 is 1.15 bits per heavy atom. The van der Waals surface area contributed by atoms with E-state index in [1.54, 1.807) is 18.2 Å². The smallest absolute Gasteiger partial charge is 0.181 e. The van der Waals surface area contributed by atoms with Gasteiger partial charge in [0.1, 0.15) is 0 Å². The molecule has 0 aliphatic heterocycles. The van der Waals surface area contributed by atoms with Crippen molar-refractivity contribution in [3.63, 3.8) is 0 Å². The zero-order valence-electron chi connectivity index (χ0n) is 12.8. The van der Waals surface area contributed by atoms with Crippen LogP contribution >= 0.6 is 23.2 Å². The number of carbonyl (C=O) groups is 1. The Balaban J connectivity index is 2.99. The van der Waals surface area contributed by atoms with Gasteiger partial charge in [0.15, 0.2) is 5.78 Å². The molecule has 0 heterocycles. The highest BCUT2D eigenvalue weighted by Gasteiger charge is 2.26. The standard InChI is InChI=1S/C16H23Cl2NO/c1-10(2)9-19(11(3)4)12(5)16(20)14-7-6-13(17)8-15(14)18/h6-8,10-12H,9H2,1-5H3. The van der Waals surface area contributed by atoms with E-state index in [9.17, 15) is 4.79 Å². The highest BCUT2D eigenvalue weighted by atomic mass is 35.5. The molecule has 1 aromatic rings. The number of carbonyl (C=O) groups excluding carboxylic acids is 1. The van der Waals surface area contributed by atoms with Gasteiger partial charge in [0, 0.05) is 23.2 Å².